The molecule has 0 radical (unpaired) electrons. The van der Waals surface area contributed by atoms with E-state index in [0.717, 1.165) is 30.1 Å². The molecule has 0 aliphatic carbocycles. The number of aromatic nitrogens is 1. The highest BCUT2D eigenvalue weighted by atomic mass is 32.1. The van der Waals surface area contributed by atoms with Crippen molar-refractivity contribution in [3.05, 3.63) is 22.2 Å². The van der Waals surface area contributed by atoms with Crippen molar-refractivity contribution >= 4 is 28.3 Å². The van der Waals surface area contributed by atoms with E-state index in [4.69, 9.17) is 0 Å². The fraction of sp³-hybridized carbons (Fsp3) is 0.364. The lowest BCUT2D eigenvalue weighted by Crippen LogP contribution is -2.30. The Morgan fingerprint density at radius 2 is 2.29 bits per heavy atom. The van der Waals surface area contributed by atoms with Crippen molar-refractivity contribution in [3.63, 3.8) is 0 Å². The van der Waals surface area contributed by atoms with Gasteiger partial charge in [-0.1, -0.05) is 11.3 Å². The van der Waals surface area contributed by atoms with Gasteiger partial charge in [-0.3, -0.25) is 9.59 Å². The van der Waals surface area contributed by atoms with Gasteiger partial charge in [-0.2, -0.15) is 0 Å². The number of nitrogens with zero attached hydrogens (tertiary/aromatic N) is 2. The van der Waals surface area contributed by atoms with E-state index in [1.807, 2.05) is 0 Å². The second-order valence-electron chi connectivity index (χ2n) is 4.10. The van der Waals surface area contributed by atoms with E-state index in [2.05, 4.69) is 10.3 Å². The fourth-order valence-corrected chi connectivity index (χ4v) is 3.06. The summed E-state index contributed by atoms with van der Waals surface area (Å²) in [5.74, 6) is -0.541. The molecular weight excluding hydrogens is 238 g/mol. The molecule has 0 aromatic carbocycles. The molecule has 0 saturated carbocycles. The van der Waals surface area contributed by atoms with Crippen LogP contribution in [0.5, 0.6) is 0 Å². The molecule has 3 rings (SSSR count). The Bertz CT molecular complexity index is 523. The van der Waals surface area contributed by atoms with E-state index < -0.39 is 0 Å². The molecular formula is C11H11N3O2S. The number of fused-ring (bicyclic) bond motifs is 1. The van der Waals surface area contributed by atoms with Crippen LogP contribution in [-0.4, -0.2) is 23.3 Å². The van der Waals surface area contributed by atoms with Crippen molar-refractivity contribution in [2.75, 3.05) is 11.4 Å². The molecule has 0 saturated heterocycles. The standard InChI is InChI=1S/C11H11N3O2S/c1-6-4-9(15)14(10(6)16)11-13-7-2-3-12-5-8(7)17-11/h4,12H,2-3,5H2,1H3. The van der Waals surface area contributed by atoms with E-state index in [0.29, 0.717) is 10.7 Å². The van der Waals surface area contributed by atoms with Crippen molar-refractivity contribution in [2.45, 2.75) is 19.9 Å². The smallest absolute Gasteiger partial charge is 0.263 e. The first-order chi connectivity index (χ1) is 8.16. The zero-order chi connectivity index (χ0) is 12.0. The highest BCUT2D eigenvalue weighted by molar-refractivity contribution is 7.16. The molecule has 1 N–H and O–H groups in total. The van der Waals surface area contributed by atoms with Crippen LogP contribution in [0, 0.1) is 0 Å². The maximum Gasteiger partial charge on any atom is 0.263 e. The number of anilines is 1. The first-order valence-electron chi connectivity index (χ1n) is 5.43. The Labute approximate surface area is 102 Å². The normalized spacial score (nSPS) is 19.6. The average Bonchev–Trinajstić information content (AvgIpc) is 2.81. The maximum absolute atomic E-state index is 11.8. The number of carbonyl (C=O) groups excluding carboxylic acids is 2. The molecule has 1 aromatic heterocycles. The monoisotopic (exact) mass is 249 g/mol. The maximum atomic E-state index is 11.8. The predicted octanol–water partition coefficient (Wildman–Crippen LogP) is 0.608. The summed E-state index contributed by atoms with van der Waals surface area (Å²) < 4.78 is 0. The lowest BCUT2D eigenvalue weighted by Gasteiger charge is -2.09. The van der Waals surface area contributed by atoms with Crippen molar-refractivity contribution in [1.82, 2.24) is 10.3 Å². The van der Waals surface area contributed by atoms with Gasteiger partial charge in [0.15, 0.2) is 5.13 Å². The van der Waals surface area contributed by atoms with Crippen LogP contribution in [0.3, 0.4) is 0 Å². The van der Waals surface area contributed by atoms with Gasteiger partial charge in [-0.05, 0) is 6.92 Å². The Hall–Kier alpha value is -1.53. The second-order valence-corrected chi connectivity index (χ2v) is 5.16. The fourth-order valence-electron chi connectivity index (χ4n) is 1.98. The summed E-state index contributed by atoms with van der Waals surface area (Å²) in [4.78, 5) is 30.2. The van der Waals surface area contributed by atoms with Gasteiger partial charge in [0.2, 0.25) is 0 Å². The van der Waals surface area contributed by atoms with E-state index in [9.17, 15) is 9.59 Å². The SMILES string of the molecule is CC1=CC(=O)N(c2nc3c(s2)CNCC3)C1=O. The van der Waals surface area contributed by atoms with Crippen LogP contribution in [-0.2, 0) is 22.6 Å². The van der Waals surface area contributed by atoms with E-state index in [1.165, 1.54) is 22.3 Å². The lowest BCUT2D eigenvalue weighted by molar-refractivity contribution is -0.120. The molecule has 88 valence electrons. The van der Waals surface area contributed by atoms with E-state index in [-0.39, 0.29) is 11.8 Å². The number of thiazole rings is 1. The quantitative estimate of drug-likeness (QED) is 0.741. The summed E-state index contributed by atoms with van der Waals surface area (Å²) in [5, 5.41) is 3.75. The zero-order valence-corrected chi connectivity index (χ0v) is 10.1. The Balaban J connectivity index is 1.98. The first-order valence-corrected chi connectivity index (χ1v) is 6.24. The Kier molecular flexibility index (Phi) is 2.34. The highest BCUT2D eigenvalue weighted by Gasteiger charge is 2.33. The van der Waals surface area contributed by atoms with Crippen LogP contribution in [0.1, 0.15) is 17.5 Å². The molecule has 1 aromatic rings. The van der Waals surface area contributed by atoms with Gasteiger partial charge in [0.05, 0.1) is 5.69 Å². The summed E-state index contributed by atoms with van der Waals surface area (Å²) in [7, 11) is 0. The topological polar surface area (TPSA) is 62.3 Å². The molecule has 0 fully saturated rings. The number of imide groups is 1. The number of nitrogens with one attached hydrogen (secondary N) is 1. The van der Waals surface area contributed by atoms with Gasteiger partial charge in [0, 0.05) is 36.0 Å². The van der Waals surface area contributed by atoms with E-state index >= 15 is 0 Å². The first kappa shape index (κ1) is 10.6. The molecule has 2 amide bonds. The van der Waals surface area contributed by atoms with E-state index in [1.54, 1.807) is 6.92 Å². The summed E-state index contributed by atoms with van der Waals surface area (Å²) in [5.41, 5.74) is 1.48. The molecule has 0 unspecified atom stereocenters. The zero-order valence-electron chi connectivity index (χ0n) is 9.32. The van der Waals surface area contributed by atoms with Gasteiger partial charge in [0.1, 0.15) is 0 Å². The minimum absolute atomic E-state index is 0.256. The van der Waals surface area contributed by atoms with Crippen molar-refractivity contribution < 1.29 is 9.59 Å². The number of amides is 2. The minimum Gasteiger partial charge on any atom is -0.311 e. The Morgan fingerprint density at radius 1 is 1.47 bits per heavy atom. The molecule has 0 bridgehead atoms. The second kappa shape index (κ2) is 3.75. The molecule has 5 nitrogen and oxygen atoms in total. The number of hydrogen-bond acceptors (Lipinski definition) is 5. The third-order valence-corrected chi connectivity index (χ3v) is 3.97. The molecule has 2 aliphatic rings. The highest BCUT2D eigenvalue weighted by Crippen LogP contribution is 2.31. The lowest BCUT2D eigenvalue weighted by atomic mass is 10.2. The number of carbonyl (C=O) groups is 2. The third-order valence-electron chi connectivity index (χ3n) is 2.88. The average molecular weight is 249 g/mol. The van der Waals surface area contributed by atoms with Crippen LogP contribution in [0.25, 0.3) is 0 Å². The summed E-state index contributed by atoms with van der Waals surface area (Å²) >= 11 is 1.42. The van der Waals surface area contributed by atoms with Gasteiger partial charge in [-0.25, -0.2) is 9.88 Å². The van der Waals surface area contributed by atoms with Crippen LogP contribution < -0.4 is 10.2 Å². The summed E-state index contributed by atoms with van der Waals surface area (Å²) in [6, 6.07) is 0. The third kappa shape index (κ3) is 1.60. The molecule has 3 heterocycles. The van der Waals surface area contributed by atoms with Gasteiger partial charge in [-0.15, -0.1) is 0 Å². The molecule has 6 heteroatoms. The number of rotatable bonds is 1. The van der Waals surface area contributed by atoms with Crippen LogP contribution >= 0.6 is 11.3 Å². The largest absolute Gasteiger partial charge is 0.311 e. The Morgan fingerprint density at radius 3 is 2.94 bits per heavy atom. The molecule has 2 aliphatic heterocycles. The van der Waals surface area contributed by atoms with Crippen molar-refractivity contribution in [2.24, 2.45) is 0 Å². The number of hydrogen-bond donors (Lipinski definition) is 1. The molecule has 0 spiro atoms. The molecule has 0 atom stereocenters. The summed E-state index contributed by atoms with van der Waals surface area (Å²) in [6.07, 6.45) is 2.22. The molecule has 17 heavy (non-hydrogen) atoms. The van der Waals surface area contributed by atoms with Gasteiger partial charge in [0.25, 0.3) is 11.8 Å². The van der Waals surface area contributed by atoms with Crippen LogP contribution in [0.2, 0.25) is 0 Å². The van der Waals surface area contributed by atoms with Crippen LogP contribution in [0.15, 0.2) is 11.6 Å². The predicted molar refractivity (Wildman–Crippen MR) is 63.8 cm³/mol. The van der Waals surface area contributed by atoms with Crippen molar-refractivity contribution in [3.8, 4) is 0 Å². The van der Waals surface area contributed by atoms with Gasteiger partial charge >= 0.3 is 0 Å². The minimum atomic E-state index is -0.286. The van der Waals surface area contributed by atoms with Crippen molar-refractivity contribution in [1.29, 1.82) is 0 Å². The van der Waals surface area contributed by atoms with Crippen LogP contribution in [0.4, 0.5) is 5.13 Å². The van der Waals surface area contributed by atoms with Gasteiger partial charge < -0.3 is 5.32 Å². The summed E-state index contributed by atoms with van der Waals surface area (Å²) in [6.45, 7) is 3.32.